The van der Waals surface area contributed by atoms with Crippen molar-refractivity contribution < 1.29 is 23.9 Å². The minimum atomic E-state index is -1.15. The van der Waals surface area contributed by atoms with Crippen LogP contribution in [-0.4, -0.2) is 41.2 Å². The summed E-state index contributed by atoms with van der Waals surface area (Å²) in [5.74, 6) is -2.22. The number of ether oxygens (including phenoxy) is 1. The van der Waals surface area contributed by atoms with Crippen LogP contribution in [0.4, 0.5) is 5.69 Å². The lowest BCUT2D eigenvalue weighted by molar-refractivity contribution is -0.123. The van der Waals surface area contributed by atoms with Gasteiger partial charge in [0, 0.05) is 6.54 Å². The van der Waals surface area contributed by atoms with Crippen molar-refractivity contribution in [3.05, 3.63) is 64.7 Å². The zero-order valence-corrected chi connectivity index (χ0v) is 17.2. The second-order valence-electron chi connectivity index (χ2n) is 7.07. The normalized spacial score (nSPS) is 13.4. The highest BCUT2D eigenvalue weighted by molar-refractivity contribution is 6.22. The van der Waals surface area contributed by atoms with E-state index in [0.29, 0.717) is 18.7 Å². The Morgan fingerprint density at radius 3 is 2.55 bits per heavy atom. The fourth-order valence-electron chi connectivity index (χ4n) is 3.14. The Morgan fingerprint density at radius 2 is 1.84 bits per heavy atom. The molecule has 0 aliphatic carbocycles. The summed E-state index contributed by atoms with van der Waals surface area (Å²) in [5.41, 5.74) is 1.05. The number of rotatable bonds is 7. The molecular formula is C23H21N3O5. The first-order chi connectivity index (χ1) is 14.9. The maximum atomic E-state index is 12.5. The molecule has 158 valence electrons. The molecule has 0 radical (unpaired) electrons. The van der Waals surface area contributed by atoms with E-state index in [-0.39, 0.29) is 28.2 Å². The average Bonchev–Trinajstić information content (AvgIpc) is 3.01. The monoisotopic (exact) mass is 419 g/mol. The third-order valence-corrected chi connectivity index (χ3v) is 4.90. The number of anilines is 1. The summed E-state index contributed by atoms with van der Waals surface area (Å²) in [6, 6.07) is 12.6. The summed E-state index contributed by atoms with van der Waals surface area (Å²) < 4.78 is 5.21. The summed E-state index contributed by atoms with van der Waals surface area (Å²) in [4.78, 5) is 51.0. The van der Waals surface area contributed by atoms with E-state index < -0.39 is 23.9 Å². The molecule has 1 N–H and O–H groups in total. The fourth-order valence-corrected chi connectivity index (χ4v) is 3.14. The molecule has 1 aliphatic heterocycles. The first-order valence-corrected chi connectivity index (χ1v) is 9.88. The van der Waals surface area contributed by atoms with Gasteiger partial charge in [0.2, 0.25) is 0 Å². The van der Waals surface area contributed by atoms with Crippen LogP contribution in [0.5, 0.6) is 0 Å². The highest BCUT2D eigenvalue weighted by atomic mass is 16.5. The predicted octanol–water partition coefficient (Wildman–Crippen LogP) is 3.14. The minimum absolute atomic E-state index is 0.0642. The third kappa shape index (κ3) is 4.46. The lowest BCUT2D eigenvalue weighted by Crippen LogP contribution is -2.30. The van der Waals surface area contributed by atoms with Crippen molar-refractivity contribution >= 4 is 29.4 Å². The van der Waals surface area contributed by atoms with Gasteiger partial charge in [0.05, 0.1) is 27.9 Å². The van der Waals surface area contributed by atoms with Crippen LogP contribution < -0.4 is 5.32 Å². The van der Waals surface area contributed by atoms with Gasteiger partial charge in [-0.05, 0) is 43.7 Å². The van der Waals surface area contributed by atoms with E-state index >= 15 is 0 Å². The molecule has 3 amide bonds. The number of carbonyl (C=O) groups excluding carboxylic acids is 4. The molecule has 0 unspecified atom stereocenters. The molecule has 3 rings (SSSR count). The second kappa shape index (κ2) is 9.22. The van der Waals surface area contributed by atoms with Gasteiger partial charge in [0.1, 0.15) is 6.07 Å². The SMILES string of the molecule is CCCCN1C(=O)c2ccc(C(=O)O[C@@H](C)C(=O)Nc3ccccc3C#N)cc2C1=O. The number of amides is 3. The quantitative estimate of drug-likeness (QED) is 0.544. The van der Waals surface area contributed by atoms with E-state index in [1.54, 1.807) is 24.3 Å². The van der Waals surface area contributed by atoms with Gasteiger partial charge in [0.25, 0.3) is 17.7 Å². The largest absolute Gasteiger partial charge is 0.449 e. The molecule has 8 nitrogen and oxygen atoms in total. The number of unbranched alkanes of at least 4 members (excludes halogenated alkanes) is 1. The number of para-hydroxylation sites is 1. The number of carbonyl (C=O) groups is 4. The maximum absolute atomic E-state index is 12.5. The predicted molar refractivity (Wildman–Crippen MR) is 111 cm³/mol. The van der Waals surface area contributed by atoms with Gasteiger partial charge in [-0.1, -0.05) is 25.5 Å². The van der Waals surface area contributed by atoms with Gasteiger partial charge in [0.15, 0.2) is 6.10 Å². The number of imide groups is 1. The molecule has 0 saturated heterocycles. The van der Waals surface area contributed by atoms with Gasteiger partial charge >= 0.3 is 5.97 Å². The highest BCUT2D eigenvalue weighted by Crippen LogP contribution is 2.25. The first kappa shape index (κ1) is 21.7. The van der Waals surface area contributed by atoms with Crippen LogP contribution >= 0.6 is 0 Å². The summed E-state index contributed by atoms with van der Waals surface area (Å²) in [6.45, 7) is 3.68. The number of nitriles is 1. The zero-order chi connectivity index (χ0) is 22.5. The smallest absolute Gasteiger partial charge is 0.338 e. The van der Waals surface area contributed by atoms with Gasteiger partial charge in [-0.15, -0.1) is 0 Å². The Labute approximate surface area is 179 Å². The molecule has 31 heavy (non-hydrogen) atoms. The van der Waals surface area contributed by atoms with Gasteiger partial charge < -0.3 is 10.1 Å². The van der Waals surface area contributed by atoms with E-state index in [4.69, 9.17) is 10.00 Å². The summed E-state index contributed by atoms with van der Waals surface area (Å²) in [7, 11) is 0. The molecule has 0 fully saturated rings. The van der Waals surface area contributed by atoms with Crippen molar-refractivity contribution in [3.8, 4) is 6.07 Å². The number of benzene rings is 2. The van der Waals surface area contributed by atoms with Crippen LogP contribution in [0.1, 0.15) is 63.3 Å². The van der Waals surface area contributed by atoms with Crippen molar-refractivity contribution in [1.82, 2.24) is 4.90 Å². The van der Waals surface area contributed by atoms with E-state index in [0.717, 1.165) is 6.42 Å². The average molecular weight is 419 g/mol. The molecule has 1 heterocycles. The number of hydrogen-bond donors (Lipinski definition) is 1. The lowest BCUT2D eigenvalue weighted by Gasteiger charge is -2.14. The summed E-state index contributed by atoms with van der Waals surface area (Å²) in [6.07, 6.45) is 0.386. The molecule has 1 atom stereocenters. The van der Waals surface area contributed by atoms with Gasteiger partial charge in [-0.25, -0.2) is 4.79 Å². The third-order valence-electron chi connectivity index (χ3n) is 4.90. The van der Waals surface area contributed by atoms with Crippen LogP contribution in [0.15, 0.2) is 42.5 Å². The number of nitrogens with zero attached hydrogens (tertiary/aromatic N) is 2. The molecule has 8 heteroatoms. The standard InChI is InChI=1S/C23H21N3O5/c1-3-4-11-26-21(28)17-10-9-15(12-18(17)22(26)29)23(30)31-14(2)20(27)25-19-8-6-5-7-16(19)13-24/h5-10,12,14H,3-4,11H2,1-2H3,(H,25,27)/t14-/m0/s1. The van der Waals surface area contributed by atoms with Crippen LogP contribution in [0.2, 0.25) is 0 Å². The van der Waals surface area contributed by atoms with Crippen molar-refractivity contribution in [2.24, 2.45) is 0 Å². The molecule has 0 aromatic heterocycles. The molecular weight excluding hydrogens is 398 g/mol. The van der Waals surface area contributed by atoms with Crippen molar-refractivity contribution in [1.29, 1.82) is 5.26 Å². The maximum Gasteiger partial charge on any atom is 0.338 e. The van der Waals surface area contributed by atoms with E-state index in [1.807, 2.05) is 13.0 Å². The molecule has 2 aromatic carbocycles. The fraction of sp³-hybridized carbons (Fsp3) is 0.261. The van der Waals surface area contributed by atoms with Crippen LogP contribution in [0, 0.1) is 11.3 Å². The molecule has 0 spiro atoms. The van der Waals surface area contributed by atoms with Gasteiger partial charge in [-0.2, -0.15) is 5.26 Å². The second-order valence-corrected chi connectivity index (χ2v) is 7.07. The Kier molecular flexibility index (Phi) is 6.46. The van der Waals surface area contributed by atoms with E-state index in [9.17, 15) is 19.2 Å². The molecule has 2 aromatic rings. The van der Waals surface area contributed by atoms with E-state index in [1.165, 1.54) is 30.0 Å². The molecule has 0 bridgehead atoms. The van der Waals surface area contributed by atoms with E-state index in [2.05, 4.69) is 5.32 Å². The summed E-state index contributed by atoms with van der Waals surface area (Å²) >= 11 is 0. The van der Waals surface area contributed by atoms with Gasteiger partial charge in [-0.3, -0.25) is 19.3 Å². The molecule has 1 aliphatic rings. The lowest BCUT2D eigenvalue weighted by atomic mass is 10.1. The Hall–Kier alpha value is -3.99. The van der Waals surface area contributed by atoms with Crippen molar-refractivity contribution in [2.75, 3.05) is 11.9 Å². The van der Waals surface area contributed by atoms with Crippen LogP contribution in [-0.2, 0) is 9.53 Å². The number of esters is 1. The highest BCUT2D eigenvalue weighted by Gasteiger charge is 2.35. The first-order valence-electron chi connectivity index (χ1n) is 9.88. The van der Waals surface area contributed by atoms with Crippen molar-refractivity contribution in [2.45, 2.75) is 32.8 Å². The Bertz CT molecular complexity index is 1100. The summed E-state index contributed by atoms with van der Waals surface area (Å²) in [5, 5.41) is 11.7. The number of hydrogen-bond acceptors (Lipinski definition) is 6. The van der Waals surface area contributed by atoms with Crippen LogP contribution in [0.3, 0.4) is 0 Å². The minimum Gasteiger partial charge on any atom is -0.449 e. The van der Waals surface area contributed by atoms with Crippen molar-refractivity contribution in [3.63, 3.8) is 0 Å². The topological polar surface area (TPSA) is 117 Å². The number of fused-ring (bicyclic) bond motifs is 1. The zero-order valence-electron chi connectivity index (χ0n) is 17.2. The Balaban J connectivity index is 1.70. The Morgan fingerprint density at radius 1 is 1.13 bits per heavy atom. The molecule has 0 saturated carbocycles. The van der Waals surface area contributed by atoms with Crippen LogP contribution in [0.25, 0.3) is 0 Å². The number of nitrogens with one attached hydrogen (secondary N) is 1.